The molecule has 0 spiro atoms. The van der Waals surface area contributed by atoms with E-state index in [-0.39, 0.29) is 24.4 Å². The van der Waals surface area contributed by atoms with Crippen LogP contribution in [0.1, 0.15) is 21.7 Å². The lowest BCUT2D eigenvalue weighted by atomic mass is 10.2. The normalized spacial score (nSPS) is 19.2. The van der Waals surface area contributed by atoms with Crippen molar-refractivity contribution in [2.75, 3.05) is 13.1 Å². The third-order valence-corrected chi connectivity index (χ3v) is 4.20. The second kappa shape index (κ2) is 6.00. The van der Waals surface area contributed by atoms with Gasteiger partial charge < -0.3 is 10.6 Å². The molecule has 2 N–H and O–H groups in total. The van der Waals surface area contributed by atoms with Crippen LogP contribution in [0.5, 0.6) is 0 Å². The second-order valence-electron chi connectivity index (χ2n) is 3.71. The van der Waals surface area contributed by atoms with E-state index in [4.69, 9.17) is 0 Å². The SMILES string of the molecule is Cc1cc(C(=O)NC2CCNC2)c(Br)s1.Cl. The van der Waals surface area contributed by atoms with Crippen molar-refractivity contribution in [3.8, 4) is 0 Å². The van der Waals surface area contributed by atoms with Crippen molar-refractivity contribution in [3.05, 3.63) is 20.3 Å². The van der Waals surface area contributed by atoms with E-state index in [1.54, 1.807) is 11.3 Å². The third-order valence-electron chi connectivity index (χ3n) is 2.45. The molecule has 1 aliphatic rings. The molecular weight excluding hydrogens is 312 g/mol. The van der Waals surface area contributed by atoms with Crippen molar-refractivity contribution in [1.82, 2.24) is 10.6 Å². The van der Waals surface area contributed by atoms with Crippen molar-refractivity contribution < 1.29 is 4.79 Å². The Bertz CT molecular complexity index is 377. The van der Waals surface area contributed by atoms with E-state index in [0.717, 1.165) is 33.7 Å². The van der Waals surface area contributed by atoms with Crippen molar-refractivity contribution in [1.29, 1.82) is 0 Å². The predicted molar refractivity (Wildman–Crippen MR) is 72.7 cm³/mol. The zero-order chi connectivity index (χ0) is 10.8. The Hall–Kier alpha value is -0.1000. The molecule has 90 valence electrons. The molecule has 1 aliphatic heterocycles. The van der Waals surface area contributed by atoms with Crippen LogP contribution in [0.25, 0.3) is 0 Å². The quantitative estimate of drug-likeness (QED) is 0.876. The first-order valence-electron chi connectivity index (χ1n) is 4.94. The first kappa shape index (κ1) is 14.0. The molecule has 1 aromatic heterocycles. The Kier molecular flexibility index (Phi) is 5.24. The molecule has 2 rings (SSSR count). The summed E-state index contributed by atoms with van der Waals surface area (Å²) in [7, 11) is 0. The summed E-state index contributed by atoms with van der Waals surface area (Å²) >= 11 is 5.00. The zero-order valence-corrected chi connectivity index (χ0v) is 12.1. The molecule has 6 heteroatoms. The van der Waals surface area contributed by atoms with Gasteiger partial charge in [-0.25, -0.2) is 0 Å². The number of hydrogen-bond donors (Lipinski definition) is 2. The molecule has 1 amide bonds. The summed E-state index contributed by atoms with van der Waals surface area (Å²) in [4.78, 5) is 13.0. The highest BCUT2D eigenvalue weighted by Crippen LogP contribution is 2.27. The minimum atomic E-state index is 0. The van der Waals surface area contributed by atoms with Crippen LogP contribution in [0, 0.1) is 6.92 Å². The molecule has 2 heterocycles. The van der Waals surface area contributed by atoms with Gasteiger partial charge in [-0.2, -0.15) is 0 Å². The van der Waals surface area contributed by atoms with Crippen molar-refractivity contribution in [2.24, 2.45) is 0 Å². The smallest absolute Gasteiger partial charge is 0.253 e. The van der Waals surface area contributed by atoms with Gasteiger partial charge in [0.25, 0.3) is 5.91 Å². The Morgan fingerprint density at radius 1 is 1.69 bits per heavy atom. The van der Waals surface area contributed by atoms with E-state index in [1.165, 1.54) is 0 Å². The van der Waals surface area contributed by atoms with Gasteiger partial charge in [0.1, 0.15) is 0 Å². The summed E-state index contributed by atoms with van der Waals surface area (Å²) < 4.78 is 0.920. The Morgan fingerprint density at radius 2 is 2.44 bits per heavy atom. The molecule has 0 radical (unpaired) electrons. The number of carbonyl (C=O) groups excluding carboxylic acids is 1. The number of aryl methyl sites for hydroxylation is 1. The van der Waals surface area contributed by atoms with Gasteiger partial charge in [0.05, 0.1) is 9.35 Å². The first-order valence-corrected chi connectivity index (χ1v) is 6.55. The molecule has 0 aromatic carbocycles. The number of nitrogens with one attached hydrogen (secondary N) is 2. The lowest BCUT2D eigenvalue weighted by Gasteiger charge is -2.10. The Morgan fingerprint density at radius 3 is 2.94 bits per heavy atom. The van der Waals surface area contributed by atoms with E-state index in [2.05, 4.69) is 26.6 Å². The number of carbonyl (C=O) groups is 1. The number of halogens is 2. The van der Waals surface area contributed by atoms with Gasteiger partial charge in [-0.05, 0) is 41.9 Å². The summed E-state index contributed by atoms with van der Waals surface area (Å²) in [6.07, 6.45) is 1.02. The highest BCUT2D eigenvalue weighted by Gasteiger charge is 2.19. The highest BCUT2D eigenvalue weighted by atomic mass is 79.9. The van der Waals surface area contributed by atoms with Crippen molar-refractivity contribution in [2.45, 2.75) is 19.4 Å². The lowest BCUT2D eigenvalue weighted by molar-refractivity contribution is 0.0940. The number of rotatable bonds is 2. The molecule has 0 bridgehead atoms. The van der Waals surface area contributed by atoms with Crippen LogP contribution in [0.4, 0.5) is 0 Å². The van der Waals surface area contributed by atoms with Gasteiger partial charge >= 0.3 is 0 Å². The topological polar surface area (TPSA) is 41.1 Å². The predicted octanol–water partition coefficient (Wildman–Crippen LogP) is 2.33. The number of amides is 1. The van der Waals surface area contributed by atoms with Crippen LogP contribution in [0.15, 0.2) is 9.85 Å². The van der Waals surface area contributed by atoms with Crippen LogP contribution in [0.2, 0.25) is 0 Å². The zero-order valence-electron chi connectivity index (χ0n) is 8.88. The summed E-state index contributed by atoms with van der Waals surface area (Å²) in [6.45, 7) is 3.88. The first-order chi connectivity index (χ1) is 7.16. The summed E-state index contributed by atoms with van der Waals surface area (Å²) in [5, 5.41) is 6.25. The maximum Gasteiger partial charge on any atom is 0.253 e. The van der Waals surface area contributed by atoms with Crippen LogP contribution < -0.4 is 10.6 Å². The summed E-state index contributed by atoms with van der Waals surface area (Å²) in [5.74, 6) is 0.0277. The fourth-order valence-electron chi connectivity index (χ4n) is 1.68. The summed E-state index contributed by atoms with van der Waals surface area (Å²) in [5.41, 5.74) is 0.754. The maximum absolute atomic E-state index is 11.9. The van der Waals surface area contributed by atoms with Gasteiger partial charge in [-0.15, -0.1) is 23.7 Å². The van der Waals surface area contributed by atoms with Crippen molar-refractivity contribution >= 4 is 45.6 Å². The molecule has 3 nitrogen and oxygen atoms in total. The minimum absolute atomic E-state index is 0. The van der Waals surface area contributed by atoms with Crippen LogP contribution in [-0.2, 0) is 0 Å². The van der Waals surface area contributed by atoms with Gasteiger partial charge in [0, 0.05) is 17.5 Å². The highest BCUT2D eigenvalue weighted by molar-refractivity contribution is 9.11. The van der Waals surface area contributed by atoms with Crippen molar-refractivity contribution in [3.63, 3.8) is 0 Å². The Balaban J connectivity index is 0.00000128. The molecule has 0 aliphatic carbocycles. The van der Waals surface area contributed by atoms with Crippen LogP contribution >= 0.6 is 39.7 Å². The minimum Gasteiger partial charge on any atom is -0.348 e. The molecule has 1 aromatic rings. The molecule has 1 unspecified atom stereocenters. The van der Waals surface area contributed by atoms with Gasteiger partial charge in [0.15, 0.2) is 0 Å². The second-order valence-corrected chi connectivity index (χ2v) is 6.28. The number of thiophene rings is 1. The molecule has 1 atom stereocenters. The molecule has 16 heavy (non-hydrogen) atoms. The number of hydrogen-bond acceptors (Lipinski definition) is 3. The average Bonchev–Trinajstić information content (AvgIpc) is 2.75. The standard InChI is InChI=1S/C10H13BrN2OS.ClH/c1-6-4-8(9(11)15-6)10(14)13-7-2-3-12-5-7;/h4,7,12H,2-3,5H2,1H3,(H,13,14);1H. The molecule has 1 saturated heterocycles. The fourth-order valence-corrected chi connectivity index (χ4v) is 3.46. The van der Waals surface area contributed by atoms with E-state index in [9.17, 15) is 4.79 Å². The van der Waals surface area contributed by atoms with Gasteiger partial charge in [-0.3, -0.25) is 4.79 Å². The van der Waals surface area contributed by atoms with Gasteiger partial charge in [-0.1, -0.05) is 0 Å². The van der Waals surface area contributed by atoms with E-state index < -0.39 is 0 Å². The van der Waals surface area contributed by atoms with Gasteiger partial charge in [0.2, 0.25) is 0 Å². The summed E-state index contributed by atoms with van der Waals surface area (Å²) in [6, 6.07) is 2.21. The van der Waals surface area contributed by atoms with Crippen LogP contribution in [0.3, 0.4) is 0 Å². The Labute approximate surface area is 114 Å². The third kappa shape index (κ3) is 3.20. The van der Waals surface area contributed by atoms with Crippen LogP contribution in [-0.4, -0.2) is 25.0 Å². The molecule has 0 saturated carbocycles. The van der Waals surface area contributed by atoms with E-state index in [1.807, 2.05) is 13.0 Å². The average molecular weight is 326 g/mol. The lowest BCUT2D eigenvalue weighted by Crippen LogP contribution is -2.36. The van der Waals surface area contributed by atoms with E-state index in [0.29, 0.717) is 0 Å². The fraction of sp³-hybridized carbons (Fsp3) is 0.500. The molecular formula is C10H14BrClN2OS. The monoisotopic (exact) mass is 324 g/mol. The largest absolute Gasteiger partial charge is 0.348 e. The maximum atomic E-state index is 11.9. The molecule has 1 fully saturated rings. The van der Waals surface area contributed by atoms with E-state index >= 15 is 0 Å².